The van der Waals surface area contributed by atoms with Gasteiger partial charge in [-0.25, -0.2) is 0 Å². The SMILES string of the molecule is CCC(O)(NC(=O)c1ccccc1)NC(=O)c1ccccc1. The predicted octanol–water partition coefficient (Wildman–Crippen LogP) is 1.90. The van der Waals surface area contributed by atoms with Crippen LogP contribution < -0.4 is 10.6 Å². The Morgan fingerprint density at radius 1 is 0.864 bits per heavy atom. The van der Waals surface area contributed by atoms with Gasteiger partial charge in [-0.2, -0.15) is 0 Å². The molecule has 0 heterocycles. The zero-order valence-corrected chi connectivity index (χ0v) is 12.2. The lowest BCUT2D eigenvalue weighted by Crippen LogP contribution is -2.60. The molecule has 0 radical (unpaired) electrons. The van der Waals surface area contributed by atoms with Crippen LogP contribution in [-0.4, -0.2) is 22.8 Å². The average Bonchev–Trinajstić information content (AvgIpc) is 2.56. The molecule has 2 amide bonds. The molecule has 0 fully saturated rings. The van der Waals surface area contributed by atoms with Crippen molar-refractivity contribution < 1.29 is 14.7 Å². The van der Waals surface area contributed by atoms with E-state index in [2.05, 4.69) is 10.6 Å². The van der Waals surface area contributed by atoms with E-state index in [1.165, 1.54) is 0 Å². The van der Waals surface area contributed by atoms with E-state index in [0.717, 1.165) is 0 Å². The predicted molar refractivity (Wildman–Crippen MR) is 83.1 cm³/mol. The van der Waals surface area contributed by atoms with Gasteiger partial charge in [-0.3, -0.25) is 9.59 Å². The summed E-state index contributed by atoms with van der Waals surface area (Å²) in [6.07, 6.45) is 0.129. The van der Waals surface area contributed by atoms with Crippen molar-refractivity contribution in [2.75, 3.05) is 0 Å². The number of amides is 2. The van der Waals surface area contributed by atoms with Crippen LogP contribution in [0.15, 0.2) is 60.7 Å². The lowest BCUT2D eigenvalue weighted by Gasteiger charge is -2.29. The van der Waals surface area contributed by atoms with E-state index in [-0.39, 0.29) is 6.42 Å². The number of hydrogen-bond acceptors (Lipinski definition) is 3. The van der Waals surface area contributed by atoms with Gasteiger partial charge in [0.2, 0.25) is 5.85 Å². The quantitative estimate of drug-likeness (QED) is 0.738. The first-order chi connectivity index (χ1) is 10.5. The van der Waals surface area contributed by atoms with Gasteiger partial charge in [0.1, 0.15) is 0 Å². The molecule has 114 valence electrons. The van der Waals surface area contributed by atoms with Gasteiger partial charge < -0.3 is 15.7 Å². The Morgan fingerprint density at radius 3 is 1.55 bits per heavy atom. The first-order valence-electron chi connectivity index (χ1n) is 7.01. The van der Waals surface area contributed by atoms with Crippen molar-refractivity contribution >= 4 is 11.8 Å². The summed E-state index contributed by atoms with van der Waals surface area (Å²) in [7, 11) is 0. The first kappa shape index (κ1) is 15.7. The Labute approximate surface area is 129 Å². The van der Waals surface area contributed by atoms with Crippen LogP contribution in [0.2, 0.25) is 0 Å². The Hall–Kier alpha value is -2.66. The van der Waals surface area contributed by atoms with Crippen molar-refractivity contribution in [3.63, 3.8) is 0 Å². The average molecular weight is 298 g/mol. The van der Waals surface area contributed by atoms with Crippen molar-refractivity contribution in [1.82, 2.24) is 10.6 Å². The fourth-order valence-electron chi connectivity index (χ4n) is 1.91. The molecule has 5 nitrogen and oxygen atoms in total. The molecule has 5 heteroatoms. The van der Waals surface area contributed by atoms with Crippen LogP contribution in [0.4, 0.5) is 0 Å². The van der Waals surface area contributed by atoms with E-state index in [1.54, 1.807) is 67.6 Å². The van der Waals surface area contributed by atoms with Crippen LogP contribution in [0, 0.1) is 0 Å². The molecule has 2 aromatic rings. The van der Waals surface area contributed by atoms with Crippen molar-refractivity contribution in [1.29, 1.82) is 0 Å². The number of carbonyl (C=O) groups excluding carboxylic acids is 2. The third-order valence-corrected chi connectivity index (χ3v) is 3.22. The summed E-state index contributed by atoms with van der Waals surface area (Å²) in [5.41, 5.74) is 0.812. The van der Waals surface area contributed by atoms with Crippen LogP contribution in [0.3, 0.4) is 0 Å². The maximum absolute atomic E-state index is 12.1. The summed E-state index contributed by atoms with van der Waals surface area (Å²) in [6, 6.07) is 17.0. The van der Waals surface area contributed by atoms with Gasteiger partial charge in [-0.15, -0.1) is 0 Å². The second kappa shape index (κ2) is 6.87. The topological polar surface area (TPSA) is 78.4 Å². The summed E-state index contributed by atoms with van der Waals surface area (Å²) >= 11 is 0. The fourth-order valence-corrected chi connectivity index (χ4v) is 1.91. The van der Waals surface area contributed by atoms with Crippen molar-refractivity contribution in [2.24, 2.45) is 0 Å². The number of benzene rings is 2. The third kappa shape index (κ3) is 3.93. The maximum atomic E-state index is 12.1. The van der Waals surface area contributed by atoms with Gasteiger partial charge in [-0.05, 0) is 24.3 Å². The van der Waals surface area contributed by atoms with Gasteiger partial charge in [0.15, 0.2) is 0 Å². The lowest BCUT2D eigenvalue weighted by molar-refractivity contribution is -0.0197. The highest BCUT2D eigenvalue weighted by Gasteiger charge is 2.29. The molecule has 0 bridgehead atoms. The van der Waals surface area contributed by atoms with Crippen LogP contribution in [-0.2, 0) is 0 Å². The fraction of sp³-hybridized carbons (Fsp3) is 0.176. The number of nitrogens with one attached hydrogen (secondary N) is 2. The molecule has 0 saturated heterocycles. The molecule has 0 aromatic heterocycles. The Morgan fingerprint density at radius 2 is 1.23 bits per heavy atom. The van der Waals surface area contributed by atoms with Crippen LogP contribution in [0.25, 0.3) is 0 Å². The monoisotopic (exact) mass is 298 g/mol. The molecule has 2 rings (SSSR count). The molecule has 0 aliphatic rings. The summed E-state index contributed by atoms with van der Waals surface area (Å²) in [4.78, 5) is 24.2. The molecule has 0 saturated carbocycles. The summed E-state index contributed by atoms with van der Waals surface area (Å²) in [5.74, 6) is -2.73. The van der Waals surface area contributed by atoms with Crippen molar-refractivity contribution in [2.45, 2.75) is 19.2 Å². The molecule has 0 spiro atoms. The summed E-state index contributed by atoms with van der Waals surface area (Å²) in [6.45, 7) is 1.66. The maximum Gasteiger partial charge on any atom is 0.254 e. The smallest absolute Gasteiger partial charge is 0.254 e. The van der Waals surface area contributed by atoms with E-state index >= 15 is 0 Å². The number of hydrogen-bond donors (Lipinski definition) is 3. The summed E-state index contributed by atoms with van der Waals surface area (Å²) < 4.78 is 0. The minimum Gasteiger partial charge on any atom is -0.354 e. The van der Waals surface area contributed by atoms with Crippen LogP contribution in [0.1, 0.15) is 34.1 Å². The molecule has 3 N–H and O–H groups in total. The molecule has 0 unspecified atom stereocenters. The van der Waals surface area contributed by atoms with E-state index in [0.29, 0.717) is 11.1 Å². The highest BCUT2D eigenvalue weighted by molar-refractivity contribution is 5.97. The minimum atomic E-state index is -1.81. The number of aliphatic hydroxyl groups is 1. The number of rotatable bonds is 5. The zero-order chi connectivity index (χ0) is 16.0. The van der Waals surface area contributed by atoms with Crippen molar-refractivity contribution in [3.05, 3.63) is 71.8 Å². The van der Waals surface area contributed by atoms with Gasteiger partial charge in [0.25, 0.3) is 11.8 Å². The molecule has 22 heavy (non-hydrogen) atoms. The Bertz CT molecular complexity index is 588. The lowest BCUT2D eigenvalue weighted by atomic mass is 10.1. The molecule has 0 aliphatic heterocycles. The zero-order valence-electron chi connectivity index (χ0n) is 12.2. The van der Waals surface area contributed by atoms with E-state index < -0.39 is 17.7 Å². The molecule has 2 aromatic carbocycles. The molecular weight excluding hydrogens is 280 g/mol. The normalized spacial score (nSPS) is 10.8. The van der Waals surface area contributed by atoms with Crippen molar-refractivity contribution in [3.8, 4) is 0 Å². The van der Waals surface area contributed by atoms with Crippen LogP contribution in [0.5, 0.6) is 0 Å². The van der Waals surface area contributed by atoms with E-state index in [4.69, 9.17) is 0 Å². The van der Waals surface area contributed by atoms with Gasteiger partial charge in [0.05, 0.1) is 0 Å². The van der Waals surface area contributed by atoms with Gasteiger partial charge in [0, 0.05) is 17.5 Å². The molecular formula is C17H18N2O3. The highest BCUT2D eigenvalue weighted by atomic mass is 16.3. The molecule has 0 atom stereocenters. The Balaban J connectivity index is 2.09. The second-order valence-electron chi connectivity index (χ2n) is 4.85. The van der Waals surface area contributed by atoms with Gasteiger partial charge in [-0.1, -0.05) is 43.3 Å². The summed E-state index contributed by atoms with van der Waals surface area (Å²) in [5, 5.41) is 15.3. The first-order valence-corrected chi connectivity index (χ1v) is 7.01. The molecule has 0 aliphatic carbocycles. The Kier molecular flexibility index (Phi) is 4.91. The largest absolute Gasteiger partial charge is 0.354 e. The minimum absolute atomic E-state index is 0.129. The highest BCUT2D eigenvalue weighted by Crippen LogP contribution is 2.08. The third-order valence-electron chi connectivity index (χ3n) is 3.22. The number of carbonyl (C=O) groups is 2. The van der Waals surface area contributed by atoms with E-state index in [9.17, 15) is 14.7 Å². The van der Waals surface area contributed by atoms with Gasteiger partial charge >= 0.3 is 0 Å². The second-order valence-corrected chi connectivity index (χ2v) is 4.85. The van der Waals surface area contributed by atoms with E-state index in [1.807, 2.05) is 0 Å². The van der Waals surface area contributed by atoms with Crippen LogP contribution >= 0.6 is 0 Å². The standard InChI is InChI=1S/C17H18N2O3/c1-2-17(22,18-15(20)13-9-5-3-6-10-13)19-16(21)14-11-7-4-8-12-14/h3-12,22H,2H2,1H3,(H,18,20)(H,19,21).